The molecule has 3 aromatic rings. The van der Waals surface area contributed by atoms with E-state index in [-0.39, 0.29) is 5.92 Å². The van der Waals surface area contributed by atoms with Crippen LogP contribution in [0.5, 0.6) is 0 Å². The molecule has 28 heavy (non-hydrogen) atoms. The molecule has 0 amide bonds. The third kappa shape index (κ3) is 5.03. The Morgan fingerprint density at radius 3 is 2.71 bits per heavy atom. The smallest absolute Gasteiger partial charge is 0.360 e. The van der Waals surface area contributed by atoms with Gasteiger partial charge in [0.15, 0.2) is 11.6 Å². The van der Waals surface area contributed by atoms with Crippen LogP contribution in [0.3, 0.4) is 0 Å². The molecule has 2 heterocycles. The Morgan fingerprint density at radius 2 is 2.00 bits per heavy atom. The molecule has 0 saturated heterocycles. The van der Waals surface area contributed by atoms with Crippen LogP contribution in [0.2, 0.25) is 0 Å². The summed E-state index contributed by atoms with van der Waals surface area (Å²) in [4.78, 5) is 25.2. The van der Waals surface area contributed by atoms with Crippen LogP contribution in [0, 0.1) is 5.92 Å². The largest absolute Gasteiger partial charge is 0.389 e. The number of rotatable bonds is 7. The van der Waals surface area contributed by atoms with Crippen molar-refractivity contribution in [3.8, 4) is 11.4 Å². The highest BCUT2D eigenvalue weighted by Crippen LogP contribution is 2.26. The van der Waals surface area contributed by atoms with Crippen molar-refractivity contribution < 1.29 is 18.0 Å². The van der Waals surface area contributed by atoms with Gasteiger partial charge in [0.2, 0.25) is 0 Å². The van der Waals surface area contributed by atoms with Crippen LogP contribution in [0.4, 0.5) is 19.0 Å². The van der Waals surface area contributed by atoms with Crippen molar-refractivity contribution in [2.24, 2.45) is 5.92 Å². The minimum Gasteiger partial charge on any atom is -0.360 e. The number of fused-ring (bicyclic) bond motifs is 1. The lowest BCUT2D eigenvalue weighted by molar-refractivity contribution is -0.143. The number of ketones is 1. The van der Waals surface area contributed by atoms with Gasteiger partial charge in [-0.1, -0.05) is 13.8 Å². The van der Waals surface area contributed by atoms with Crippen molar-refractivity contribution in [1.82, 2.24) is 15.0 Å². The van der Waals surface area contributed by atoms with Gasteiger partial charge in [0.1, 0.15) is 5.82 Å². The maximum absolute atomic E-state index is 12.4. The fraction of sp³-hybridized carbons (Fsp3) is 0.368. The van der Waals surface area contributed by atoms with E-state index in [1.165, 1.54) is 11.3 Å². The first-order valence-electron chi connectivity index (χ1n) is 8.75. The molecule has 0 radical (unpaired) electrons. The van der Waals surface area contributed by atoms with E-state index in [2.05, 4.69) is 20.3 Å². The van der Waals surface area contributed by atoms with Crippen LogP contribution in [0.1, 0.15) is 26.7 Å². The van der Waals surface area contributed by atoms with Crippen LogP contribution in [0.15, 0.2) is 36.0 Å². The van der Waals surface area contributed by atoms with E-state index in [0.717, 1.165) is 15.8 Å². The fourth-order valence-electron chi connectivity index (χ4n) is 2.77. The predicted octanol–water partition coefficient (Wildman–Crippen LogP) is 5.10. The lowest BCUT2D eigenvalue weighted by Crippen LogP contribution is -2.35. The van der Waals surface area contributed by atoms with Crippen LogP contribution < -0.4 is 5.32 Å². The van der Waals surface area contributed by atoms with Gasteiger partial charge in [0, 0.05) is 18.2 Å². The second-order valence-electron chi connectivity index (χ2n) is 6.75. The van der Waals surface area contributed by atoms with Crippen LogP contribution in [0.25, 0.3) is 21.6 Å². The molecule has 0 bridgehead atoms. The Morgan fingerprint density at radius 1 is 1.21 bits per heavy atom. The Hall–Kier alpha value is -2.55. The highest BCUT2D eigenvalue weighted by molar-refractivity contribution is 7.16. The average Bonchev–Trinajstić information content (AvgIpc) is 3.11. The topological polar surface area (TPSA) is 67.8 Å². The Kier molecular flexibility index (Phi) is 5.93. The number of nitrogens with zero attached hydrogens (tertiary/aromatic N) is 3. The number of carbonyl (C=O) groups excluding carboxylic acids is 1. The molecule has 0 unspecified atom stereocenters. The molecular weight excluding hydrogens is 389 g/mol. The lowest BCUT2D eigenvalue weighted by Gasteiger charge is -2.22. The number of alkyl halides is 3. The minimum atomic E-state index is -4.35. The van der Waals surface area contributed by atoms with Gasteiger partial charge in [-0.3, -0.25) is 4.79 Å². The fourth-order valence-corrected chi connectivity index (χ4v) is 3.49. The second-order valence-corrected chi connectivity index (χ2v) is 7.63. The van der Waals surface area contributed by atoms with Gasteiger partial charge in [-0.2, -0.15) is 13.2 Å². The van der Waals surface area contributed by atoms with E-state index in [4.69, 9.17) is 0 Å². The quantitative estimate of drug-likeness (QED) is 0.589. The van der Waals surface area contributed by atoms with Crippen molar-refractivity contribution >= 4 is 33.2 Å². The molecule has 1 N–H and O–H groups in total. The first-order chi connectivity index (χ1) is 13.2. The number of thiazole rings is 1. The normalized spacial score (nSPS) is 13.1. The van der Waals surface area contributed by atoms with E-state index >= 15 is 0 Å². The summed E-state index contributed by atoms with van der Waals surface area (Å²) in [6.45, 7) is 3.56. The lowest BCUT2D eigenvalue weighted by atomic mass is 9.97. The third-order valence-electron chi connectivity index (χ3n) is 4.22. The monoisotopic (exact) mass is 408 g/mol. The van der Waals surface area contributed by atoms with Crippen LogP contribution in [-0.4, -0.2) is 33.0 Å². The number of carbonyl (C=O) groups is 1. The Bertz CT molecular complexity index is 971. The maximum atomic E-state index is 12.4. The molecule has 0 aliphatic carbocycles. The first-order valence-corrected chi connectivity index (χ1v) is 9.63. The molecule has 2 aromatic heterocycles. The molecular formula is C19H19F3N4OS. The zero-order valence-electron chi connectivity index (χ0n) is 15.3. The standard InChI is InChI=1S/C19H19F3N4OS/c1-11(2)17(14(27)5-7-19(20,21)22)25-16-6-8-23-18(26-16)12-3-4-13-15(9-12)28-10-24-13/h3-4,6,8-11,17H,5,7H2,1-2H3,(H,23,25,26)/t17-/m1/s1. The van der Waals surface area contributed by atoms with Crippen molar-refractivity contribution in [3.63, 3.8) is 0 Å². The third-order valence-corrected chi connectivity index (χ3v) is 5.01. The van der Waals surface area contributed by atoms with Crippen LogP contribution >= 0.6 is 11.3 Å². The second kappa shape index (κ2) is 8.22. The van der Waals surface area contributed by atoms with Gasteiger partial charge in [0.05, 0.1) is 28.2 Å². The summed E-state index contributed by atoms with van der Waals surface area (Å²) in [5, 5.41) is 2.98. The molecule has 0 spiro atoms. The number of halogens is 3. The number of benzene rings is 1. The van der Waals surface area contributed by atoms with E-state index in [9.17, 15) is 18.0 Å². The van der Waals surface area contributed by atoms with Crippen molar-refractivity contribution in [1.29, 1.82) is 0 Å². The molecule has 0 aliphatic heterocycles. The maximum Gasteiger partial charge on any atom is 0.389 e. The van der Waals surface area contributed by atoms with Crippen LogP contribution in [-0.2, 0) is 4.79 Å². The SMILES string of the molecule is CC(C)[C@@H](Nc1ccnc(-c2ccc3ncsc3c2)n1)C(=O)CCC(F)(F)F. The summed E-state index contributed by atoms with van der Waals surface area (Å²) < 4.78 is 38.3. The Labute approximate surface area is 164 Å². The number of anilines is 1. The minimum absolute atomic E-state index is 0.187. The number of Topliss-reactive ketones (excluding diaryl/α,β-unsaturated/α-hetero) is 1. The van der Waals surface area contributed by atoms with Crippen molar-refractivity contribution in [2.75, 3.05) is 5.32 Å². The number of hydrogen-bond donors (Lipinski definition) is 1. The van der Waals surface area contributed by atoms with Gasteiger partial charge in [-0.05, 0) is 30.2 Å². The van der Waals surface area contributed by atoms with Gasteiger partial charge in [-0.25, -0.2) is 15.0 Å². The highest BCUT2D eigenvalue weighted by Gasteiger charge is 2.31. The van der Waals surface area contributed by atoms with E-state index in [0.29, 0.717) is 11.6 Å². The molecule has 5 nitrogen and oxygen atoms in total. The summed E-state index contributed by atoms with van der Waals surface area (Å²) in [6.07, 6.45) is -4.48. The summed E-state index contributed by atoms with van der Waals surface area (Å²) in [5.74, 6) is 0.185. The molecule has 0 fully saturated rings. The van der Waals surface area contributed by atoms with Crippen molar-refractivity contribution in [2.45, 2.75) is 38.9 Å². The van der Waals surface area contributed by atoms with Gasteiger partial charge >= 0.3 is 6.18 Å². The van der Waals surface area contributed by atoms with E-state index in [1.807, 2.05) is 18.2 Å². The average molecular weight is 408 g/mol. The molecule has 3 rings (SSSR count). The zero-order valence-corrected chi connectivity index (χ0v) is 16.1. The number of nitrogens with one attached hydrogen (secondary N) is 1. The molecule has 1 atom stereocenters. The molecule has 0 saturated carbocycles. The summed E-state index contributed by atoms with van der Waals surface area (Å²) in [7, 11) is 0. The van der Waals surface area contributed by atoms with Crippen molar-refractivity contribution in [3.05, 3.63) is 36.0 Å². The zero-order chi connectivity index (χ0) is 20.3. The Balaban J connectivity index is 1.78. The number of aromatic nitrogens is 3. The van der Waals surface area contributed by atoms with Gasteiger partial charge in [-0.15, -0.1) is 11.3 Å². The van der Waals surface area contributed by atoms with Gasteiger partial charge < -0.3 is 5.32 Å². The predicted molar refractivity (Wildman–Crippen MR) is 103 cm³/mol. The summed E-state index contributed by atoms with van der Waals surface area (Å²) in [5.41, 5.74) is 3.44. The highest BCUT2D eigenvalue weighted by atomic mass is 32.1. The summed E-state index contributed by atoms with van der Waals surface area (Å²) in [6, 6.07) is 6.51. The van der Waals surface area contributed by atoms with Gasteiger partial charge in [0.25, 0.3) is 0 Å². The van der Waals surface area contributed by atoms with E-state index < -0.39 is 30.8 Å². The first kappa shape index (κ1) is 20.2. The molecule has 148 valence electrons. The van der Waals surface area contributed by atoms with E-state index in [1.54, 1.807) is 31.6 Å². The molecule has 0 aliphatic rings. The molecule has 1 aromatic carbocycles. The summed E-state index contributed by atoms with van der Waals surface area (Å²) >= 11 is 1.51. The number of hydrogen-bond acceptors (Lipinski definition) is 6. The molecule has 9 heteroatoms.